The highest BCUT2D eigenvalue weighted by Crippen LogP contribution is 2.18. The molecule has 1 aromatic heterocycles. The molecule has 1 aromatic rings. The van der Waals surface area contributed by atoms with Gasteiger partial charge in [-0.2, -0.15) is 5.10 Å². The number of aromatic nitrogens is 3. The lowest BCUT2D eigenvalue weighted by Gasteiger charge is -2.33. The van der Waals surface area contributed by atoms with Crippen molar-refractivity contribution >= 4 is 15.8 Å². The van der Waals surface area contributed by atoms with Gasteiger partial charge in [0.15, 0.2) is 9.84 Å². The van der Waals surface area contributed by atoms with E-state index in [4.69, 9.17) is 0 Å². The largest absolute Gasteiger partial charge is 0.335 e. The van der Waals surface area contributed by atoms with Gasteiger partial charge in [0.25, 0.3) is 0 Å². The summed E-state index contributed by atoms with van der Waals surface area (Å²) in [5.41, 5.74) is 1.87. The monoisotopic (exact) mass is 284 g/mol. The summed E-state index contributed by atoms with van der Waals surface area (Å²) in [6.45, 7) is 6.40. The fourth-order valence-electron chi connectivity index (χ4n) is 2.35. The van der Waals surface area contributed by atoms with E-state index >= 15 is 0 Å². The van der Waals surface area contributed by atoms with Crippen molar-refractivity contribution in [3.63, 3.8) is 0 Å². The number of anilines is 1. The maximum absolute atomic E-state index is 11.6. The zero-order chi connectivity index (χ0) is 14.0. The first-order valence-corrected chi connectivity index (χ1v) is 8.48. The molecule has 106 valence electrons. The van der Waals surface area contributed by atoms with E-state index in [9.17, 15) is 8.42 Å². The van der Waals surface area contributed by atoms with Crippen molar-refractivity contribution < 1.29 is 8.42 Å². The van der Waals surface area contributed by atoms with Crippen molar-refractivity contribution in [2.75, 3.05) is 23.0 Å². The Balaban J connectivity index is 2.27. The molecular formula is C12H20N4O2S. The normalized spacial score (nSPS) is 22.5. The minimum atomic E-state index is -2.92. The van der Waals surface area contributed by atoms with E-state index in [1.54, 1.807) is 0 Å². The van der Waals surface area contributed by atoms with Crippen LogP contribution in [0, 0.1) is 0 Å². The summed E-state index contributed by atoms with van der Waals surface area (Å²) in [7, 11) is -2.92. The molecule has 0 N–H and O–H groups in total. The Bertz CT molecular complexity index is 559. The first kappa shape index (κ1) is 14.2. The highest BCUT2D eigenvalue weighted by molar-refractivity contribution is 7.91. The van der Waals surface area contributed by atoms with Gasteiger partial charge in [0.05, 0.1) is 22.9 Å². The van der Waals surface area contributed by atoms with Crippen molar-refractivity contribution in [1.29, 1.82) is 0 Å². The van der Waals surface area contributed by atoms with Crippen LogP contribution < -0.4 is 4.90 Å². The third-order valence-corrected chi connectivity index (χ3v) is 5.22. The minimum absolute atomic E-state index is 0.0993. The van der Waals surface area contributed by atoms with Crippen LogP contribution in [0.1, 0.15) is 32.2 Å². The summed E-state index contributed by atoms with van der Waals surface area (Å²) in [6.07, 6.45) is 1.62. The summed E-state index contributed by atoms with van der Waals surface area (Å²) in [4.78, 5) is 6.48. The van der Waals surface area contributed by atoms with Gasteiger partial charge in [0, 0.05) is 12.6 Å². The SMILES string of the molecule is CCc1nnc(N2CCS(=O)(=O)CC2C)nc1CC. The molecule has 1 aliphatic rings. The van der Waals surface area contributed by atoms with Crippen molar-refractivity contribution in [3.8, 4) is 0 Å². The molecule has 1 aliphatic heterocycles. The molecule has 0 radical (unpaired) electrons. The molecule has 0 spiro atoms. The number of aryl methyl sites for hydroxylation is 2. The summed E-state index contributed by atoms with van der Waals surface area (Å²) >= 11 is 0. The Morgan fingerprint density at radius 2 is 1.89 bits per heavy atom. The first-order chi connectivity index (χ1) is 8.96. The summed E-state index contributed by atoms with van der Waals surface area (Å²) in [6, 6.07) is -0.0993. The molecule has 0 aromatic carbocycles. The first-order valence-electron chi connectivity index (χ1n) is 6.66. The van der Waals surface area contributed by atoms with Crippen LogP contribution in [0.3, 0.4) is 0 Å². The lowest BCUT2D eigenvalue weighted by Crippen LogP contribution is -2.48. The number of rotatable bonds is 3. The topological polar surface area (TPSA) is 76.1 Å². The standard InChI is InChI=1S/C12H20N4O2S/c1-4-10-11(5-2)14-15-12(13-10)16-6-7-19(17,18)8-9(16)3/h9H,4-8H2,1-3H3. The number of sulfone groups is 1. The smallest absolute Gasteiger partial charge is 0.245 e. The van der Waals surface area contributed by atoms with E-state index in [0.717, 1.165) is 24.2 Å². The van der Waals surface area contributed by atoms with Crippen molar-refractivity contribution in [1.82, 2.24) is 15.2 Å². The third kappa shape index (κ3) is 3.02. The van der Waals surface area contributed by atoms with E-state index in [2.05, 4.69) is 15.2 Å². The van der Waals surface area contributed by atoms with Crippen molar-refractivity contribution in [2.45, 2.75) is 39.7 Å². The summed E-state index contributed by atoms with van der Waals surface area (Å²) in [5.74, 6) is 0.877. The van der Waals surface area contributed by atoms with Crippen LogP contribution in [0.4, 0.5) is 5.95 Å². The van der Waals surface area contributed by atoms with Gasteiger partial charge in [-0.3, -0.25) is 0 Å². The fraction of sp³-hybridized carbons (Fsp3) is 0.750. The molecule has 19 heavy (non-hydrogen) atoms. The van der Waals surface area contributed by atoms with E-state index in [-0.39, 0.29) is 17.5 Å². The summed E-state index contributed by atoms with van der Waals surface area (Å²) < 4.78 is 23.2. The Morgan fingerprint density at radius 1 is 1.21 bits per heavy atom. The van der Waals surface area contributed by atoms with Crippen LogP contribution in [0.25, 0.3) is 0 Å². The van der Waals surface area contributed by atoms with Crippen LogP contribution in [0.5, 0.6) is 0 Å². The van der Waals surface area contributed by atoms with Crippen LogP contribution in [-0.2, 0) is 22.7 Å². The average molecular weight is 284 g/mol. The highest BCUT2D eigenvalue weighted by atomic mass is 32.2. The molecule has 7 heteroatoms. The molecule has 2 rings (SSSR count). The molecule has 2 heterocycles. The number of hydrogen-bond acceptors (Lipinski definition) is 6. The zero-order valence-electron chi connectivity index (χ0n) is 11.6. The lowest BCUT2D eigenvalue weighted by atomic mass is 10.2. The second-order valence-corrected chi connectivity index (χ2v) is 7.10. The second kappa shape index (κ2) is 5.40. The molecule has 1 saturated heterocycles. The Kier molecular flexibility index (Phi) is 4.03. The van der Waals surface area contributed by atoms with Gasteiger partial charge in [-0.05, 0) is 19.8 Å². The Morgan fingerprint density at radius 3 is 2.47 bits per heavy atom. The van der Waals surface area contributed by atoms with Crippen LogP contribution in [0.2, 0.25) is 0 Å². The number of hydrogen-bond donors (Lipinski definition) is 0. The van der Waals surface area contributed by atoms with Gasteiger partial charge < -0.3 is 4.90 Å². The average Bonchev–Trinajstić information content (AvgIpc) is 2.37. The zero-order valence-corrected chi connectivity index (χ0v) is 12.4. The van der Waals surface area contributed by atoms with E-state index in [1.807, 2.05) is 25.7 Å². The van der Waals surface area contributed by atoms with E-state index in [0.29, 0.717) is 12.5 Å². The molecule has 0 aliphatic carbocycles. The Labute approximate surface area is 114 Å². The number of nitrogens with zero attached hydrogens (tertiary/aromatic N) is 4. The van der Waals surface area contributed by atoms with Crippen LogP contribution in [0.15, 0.2) is 0 Å². The minimum Gasteiger partial charge on any atom is -0.335 e. The maximum Gasteiger partial charge on any atom is 0.245 e. The maximum atomic E-state index is 11.6. The van der Waals surface area contributed by atoms with Crippen molar-refractivity contribution in [2.24, 2.45) is 0 Å². The van der Waals surface area contributed by atoms with Crippen molar-refractivity contribution in [3.05, 3.63) is 11.4 Å². The lowest BCUT2D eigenvalue weighted by molar-refractivity contribution is 0.562. The third-order valence-electron chi connectivity index (χ3n) is 3.43. The van der Waals surface area contributed by atoms with Gasteiger partial charge in [-0.1, -0.05) is 13.8 Å². The predicted octanol–water partition coefficient (Wildman–Crippen LogP) is 0.620. The van der Waals surface area contributed by atoms with Crippen LogP contribution in [-0.4, -0.2) is 47.7 Å². The molecule has 0 amide bonds. The van der Waals surface area contributed by atoms with Gasteiger partial charge >= 0.3 is 0 Å². The molecular weight excluding hydrogens is 264 g/mol. The second-order valence-electron chi connectivity index (χ2n) is 4.87. The van der Waals surface area contributed by atoms with Gasteiger partial charge in [-0.15, -0.1) is 5.10 Å². The molecule has 0 saturated carbocycles. The molecule has 1 fully saturated rings. The predicted molar refractivity (Wildman–Crippen MR) is 74.0 cm³/mol. The van der Waals surface area contributed by atoms with E-state index < -0.39 is 9.84 Å². The highest BCUT2D eigenvalue weighted by Gasteiger charge is 2.30. The fourth-order valence-corrected chi connectivity index (χ4v) is 3.90. The van der Waals surface area contributed by atoms with Crippen LogP contribution >= 0.6 is 0 Å². The van der Waals surface area contributed by atoms with E-state index in [1.165, 1.54) is 0 Å². The van der Waals surface area contributed by atoms with Gasteiger partial charge in [-0.25, -0.2) is 13.4 Å². The van der Waals surface area contributed by atoms with Gasteiger partial charge in [0.2, 0.25) is 5.95 Å². The molecule has 1 atom stereocenters. The molecule has 0 bridgehead atoms. The Hall–Kier alpha value is -1.24. The summed E-state index contributed by atoms with van der Waals surface area (Å²) in [5, 5.41) is 8.36. The molecule has 1 unspecified atom stereocenters. The molecule has 6 nitrogen and oxygen atoms in total. The quantitative estimate of drug-likeness (QED) is 0.810. The van der Waals surface area contributed by atoms with Gasteiger partial charge in [0.1, 0.15) is 0 Å².